The number of nitrogens with zero attached hydrogens (tertiary/aromatic N) is 1. The summed E-state index contributed by atoms with van der Waals surface area (Å²) < 4.78 is 33.0. The van der Waals surface area contributed by atoms with Crippen LogP contribution in [0, 0.1) is 30.9 Å². The third kappa shape index (κ3) is 3.18. The van der Waals surface area contributed by atoms with Gasteiger partial charge in [-0.05, 0) is 50.1 Å². The number of rotatable bonds is 5. The van der Waals surface area contributed by atoms with Gasteiger partial charge in [-0.25, -0.2) is 8.42 Å². The summed E-state index contributed by atoms with van der Waals surface area (Å²) in [7, 11) is -2.37. The Balaban J connectivity index is 2.49. The molecule has 0 aromatic heterocycles. The molecular weight excluding hydrogens is 332 g/mol. The maximum Gasteiger partial charge on any atom is 0.274 e. The SMILES string of the molecule is COc1ccc(S(=O)(=O)Nc2cccc([N+](=O)[O-])c2C)c(C)c1C. The van der Waals surface area contributed by atoms with E-state index in [1.165, 1.54) is 38.3 Å². The van der Waals surface area contributed by atoms with Crippen LogP contribution in [0.3, 0.4) is 0 Å². The molecule has 0 heterocycles. The van der Waals surface area contributed by atoms with Gasteiger partial charge in [0.05, 0.1) is 28.2 Å². The first-order valence-corrected chi connectivity index (χ1v) is 8.58. The molecule has 7 nitrogen and oxygen atoms in total. The zero-order valence-corrected chi connectivity index (χ0v) is 14.6. The van der Waals surface area contributed by atoms with Crippen molar-refractivity contribution in [3.05, 3.63) is 57.1 Å². The van der Waals surface area contributed by atoms with E-state index in [1.54, 1.807) is 19.9 Å². The Kier molecular flexibility index (Phi) is 4.79. The van der Waals surface area contributed by atoms with Crippen LogP contribution in [0.1, 0.15) is 16.7 Å². The van der Waals surface area contributed by atoms with E-state index in [4.69, 9.17) is 4.74 Å². The van der Waals surface area contributed by atoms with Gasteiger partial charge in [0, 0.05) is 6.07 Å². The van der Waals surface area contributed by atoms with Crippen LogP contribution < -0.4 is 9.46 Å². The number of methoxy groups -OCH3 is 1. The number of benzene rings is 2. The minimum Gasteiger partial charge on any atom is -0.496 e. The van der Waals surface area contributed by atoms with Crippen molar-refractivity contribution < 1.29 is 18.1 Å². The third-order valence-corrected chi connectivity index (χ3v) is 5.45. The highest BCUT2D eigenvalue weighted by atomic mass is 32.2. The van der Waals surface area contributed by atoms with Crippen molar-refractivity contribution in [1.82, 2.24) is 0 Å². The van der Waals surface area contributed by atoms with Gasteiger partial charge in [0.25, 0.3) is 15.7 Å². The molecule has 0 spiro atoms. The largest absolute Gasteiger partial charge is 0.496 e. The van der Waals surface area contributed by atoms with Crippen molar-refractivity contribution in [2.24, 2.45) is 0 Å². The molecule has 0 bridgehead atoms. The summed E-state index contributed by atoms with van der Waals surface area (Å²) in [6, 6.07) is 7.30. The van der Waals surface area contributed by atoms with Gasteiger partial charge in [0.1, 0.15) is 5.75 Å². The van der Waals surface area contributed by atoms with Crippen molar-refractivity contribution in [3.8, 4) is 5.75 Å². The van der Waals surface area contributed by atoms with Crippen LogP contribution in [0.2, 0.25) is 0 Å². The lowest BCUT2D eigenvalue weighted by Crippen LogP contribution is -2.16. The summed E-state index contributed by atoms with van der Waals surface area (Å²) >= 11 is 0. The van der Waals surface area contributed by atoms with Crippen molar-refractivity contribution in [2.75, 3.05) is 11.8 Å². The molecule has 1 N–H and O–H groups in total. The normalized spacial score (nSPS) is 11.2. The Morgan fingerprint density at radius 1 is 1.04 bits per heavy atom. The minimum atomic E-state index is -3.88. The van der Waals surface area contributed by atoms with Crippen molar-refractivity contribution in [1.29, 1.82) is 0 Å². The maximum absolute atomic E-state index is 12.7. The van der Waals surface area contributed by atoms with Gasteiger partial charge in [-0.15, -0.1) is 0 Å². The molecule has 0 saturated carbocycles. The zero-order chi connectivity index (χ0) is 18.1. The number of nitro groups is 1. The minimum absolute atomic E-state index is 0.103. The molecular formula is C16H18N2O5S. The summed E-state index contributed by atoms with van der Waals surface area (Å²) in [6.45, 7) is 4.96. The first-order chi connectivity index (χ1) is 11.2. The van der Waals surface area contributed by atoms with E-state index in [9.17, 15) is 18.5 Å². The van der Waals surface area contributed by atoms with Crippen LogP contribution in [0.15, 0.2) is 35.2 Å². The van der Waals surface area contributed by atoms with E-state index in [2.05, 4.69) is 4.72 Å². The highest BCUT2D eigenvalue weighted by Gasteiger charge is 2.22. The van der Waals surface area contributed by atoms with E-state index in [1.807, 2.05) is 0 Å². The number of nitro benzene ring substituents is 1. The molecule has 0 atom stereocenters. The molecule has 0 saturated heterocycles. The Morgan fingerprint density at radius 3 is 2.29 bits per heavy atom. The van der Waals surface area contributed by atoms with Gasteiger partial charge in [-0.1, -0.05) is 6.07 Å². The summed E-state index contributed by atoms with van der Waals surface area (Å²) in [5.74, 6) is 0.595. The molecule has 2 aromatic rings. The lowest BCUT2D eigenvalue weighted by Gasteiger charge is -2.15. The number of sulfonamides is 1. The quantitative estimate of drug-likeness (QED) is 0.659. The predicted octanol–water partition coefficient (Wildman–Crippen LogP) is 3.33. The fraction of sp³-hybridized carbons (Fsp3) is 0.250. The summed E-state index contributed by atoms with van der Waals surface area (Å²) in [5.41, 5.74) is 1.57. The van der Waals surface area contributed by atoms with Crippen LogP contribution >= 0.6 is 0 Å². The highest BCUT2D eigenvalue weighted by molar-refractivity contribution is 7.92. The lowest BCUT2D eigenvalue weighted by molar-refractivity contribution is -0.385. The van der Waals surface area contributed by atoms with Gasteiger partial charge in [-0.2, -0.15) is 0 Å². The molecule has 0 aliphatic rings. The fourth-order valence-corrected chi connectivity index (χ4v) is 3.84. The van der Waals surface area contributed by atoms with Crippen molar-refractivity contribution in [2.45, 2.75) is 25.7 Å². The summed E-state index contributed by atoms with van der Waals surface area (Å²) in [6.07, 6.45) is 0. The van der Waals surface area contributed by atoms with Crippen LogP contribution in [0.5, 0.6) is 5.75 Å². The van der Waals surface area contributed by atoms with E-state index in [-0.39, 0.29) is 21.8 Å². The molecule has 2 aromatic carbocycles. The topological polar surface area (TPSA) is 98.5 Å². The van der Waals surface area contributed by atoms with Gasteiger partial charge >= 0.3 is 0 Å². The van der Waals surface area contributed by atoms with Gasteiger partial charge in [0.2, 0.25) is 0 Å². The number of ether oxygens (including phenoxy) is 1. The van der Waals surface area contributed by atoms with E-state index in [0.29, 0.717) is 11.3 Å². The monoisotopic (exact) mass is 350 g/mol. The molecule has 8 heteroatoms. The smallest absolute Gasteiger partial charge is 0.274 e. The number of anilines is 1. The third-order valence-electron chi connectivity index (χ3n) is 3.94. The summed E-state index contributed by atoms with van der Waals surface area (Å²) in [5, 5.41) is 11.0. The van der Waals surface area contributed by atoms with Gasteiger partial charge in [-0.3, -0.25) is 14.8 Å². The average molecular weight is 350 g/mol. The molecule has 24 heavy (non-hydrogen) atoms. The molecule has 2 rings (SSSR count). The second-order valence-electron chi connectivity index (χ2n) is 5.33. The van der Waals surface area contributed by atoms with Gasteiger partial charge < -0.3 is 4.74 Å². The average Bonchev–Trinajstić information content (AvgIpc) is 2.51. The molecule has 0 aliphatic carbocycles. The molecule has 0 amide bonds. The maximum atomic E-state index is 12.7. The Morgan fingerprint density at radius 2 is 1.71 bits per heavy atom. The Hall–Kier alpha value is -2.61. The fourth-order valence-electron chi connectivity index (χ4n) is 2.41. The highest BCUT2D eigenvalue weighted by Crippen LogP contribution is 2.30. The molecule has 128 valence electrons. The van der Waals surface area contributed by atoms with E-state index in [0.717, 1.165) is 5.56 Å². The van der Waals surface area contributed by atoms with Crippen LogP contribution in [0.25, 0.3) is 0 Å². The molecule has 0 radical (unpaired) electrons. The second-order valence-corrected chi connectivity index (χ2v) is 6.98. The van der Waals surface area contributed by atoms with Crippen LogP contribution in [-0.4, -0.2) is 20.5 Å². The van der Waals surface area contributed by atoms with Crippen molar-refractivity contribution in [3.63, 3.8) is 0 Å². The first kappa shape index (κ1) is 17.7. The Bertz CT molecular complexity index is 907. The standard InChI is InChI=1S/C16H18N2O5S/c1-10-11(2)16(9-8-15(10)23-4)24(21,22)17-13-6-5-7-14(12(13)3)18(19)20/h5-9,17H,1-4H3. The zero-order valence-electron chi connectivity index (χ0n) is 13.8. The van der Waals surface area contributed by atoms with Crippen LogP contribution in [-0.2, 0) is 10.0 Å². The Labute approximate surface area is 140 Å². The number of hydrogen-bond acceptors (Lipinski definition) is 5. The first-order valence-electron chi connectivity index (χ1n) is 7.10. The number of nitrogens with one attached hydrogen (secondary N) is 1. The van der Waals surface area contributed by atoms with Crippen LogP contribution in [0.4, 0.5) is 11.4 Å². The number of hydrogen-bond donors (Lipinski definition) is 1. The van der Waals surface area contributed by atoms with E-state index < -0.39 is 14.9 Å². The molecule has 0 aliphatic heterocycles. The molecule has 0 fully saturated rings. The lowest BCUT2D eigenvalue weighted by atomic mass is 10.1. The van der Waals surface area contributed by atoms with Crippen molar-refractivity contribution >= 4 is 21.4 Å². The van der Waals surface area contributed by atoms with Gasteiger partial charge in [0.15, 0.2) is 0 Å². The molecule has 0 unspecified atom stereocenters. The second kappa shape index (κ2) is 6.48. The van der Waals surface area contributed by atoms with E-state index >= 15 is 0 Å². The summed E-state index contributed by atoms with van der Waals surface area (Å²) in [4.78, 5) is 10.6. The predicted molar refractivity (Wildman–Crippen MR) is 91.1 cm³/mol.